The molecule has 6 nitrogen and oxygen atoms in total. The van der Waals surface area contributed by atoms with Gasteiger partial charge in [-0.05, 0) is 25.6 Å². The van der Waals surface area contributed by atoms with E-state index >= 15 is 0 Å². The fourth-order valence-electron chi connectivity index (χ4n) is 2.53. The first kappa shape index (κ1) is 17.5. The molecule has 2 aromatic heterocycles. The van der Waals surface area contributed by atoms with Gasteiger partial charge in [0.2, 0.25) is 5.89 Å². The summed E-state index contributed by atoms with van der Waals surface area (Å²) in [6, 6.07) is 10.2. The van der Waals surface area contributed by atoms with E-state index < -0.39 is 0 Å². The van der Waals surface area contributed by atoms with E-state index in [2.05, 4.69) is 41.0 Å². The smallest absolute Gasteiger partial charge is 0.240 e. The van der Waals surface area contributed by atoms with E-state index in [1.54, 1.807) is 0 Å². The predicted molar refractivity (Wildman–Crippen MR) is 90.2 cm³/mol. The van der Waals surface area contributed by atoms with Gasteiger partial charge in [-0.3, -0.25) is 4.90 Å². The van der Waals surface area contributed by atoms with Crippen molar-refractivity contribution in [2.24, 2.45) is 5.73 Å². The zero-order valence-corrected chi connectivity index (χ0v) is 14.0. The highest BCUT2D eigenvalue weighted by Gasteiger charge is 2.20. The van der Waals surface area contributed by atoms with E-state index in [1.807, 2.05) is 18.2 Å². The Morgan fingerprint density at radius 1 is 1.30 bits per heavy atom. The van der Waals surface area contributed by atoms with Crippen molar-refractivity contribution in [3.8, 4) is 0 Å². The van der Waals surface area contributed by atoms with Gasteiger partial charge in [0.15, 0.2) is 5.82 Å². The van der Waals surface area contributed by atoms with E-state index in [0.29, 0.717) is 18.3 Å². The van der Waals surface area contributed by atoms with Gasteiger partial charge >= 0.3 is 0 Å². The molecule has 1 aromatic carbocycles. The number of hydrogen-bond acceptors (Lipinski definition) is 6. The van der Waals surface area contributed by atoms with Crippen molar-refractivity contribution < 1.29 is 8.94 Å². The molecule has 1 atom stereocenters. The van der Waals surface area contributed by atoms with Crippen LogP contribution in [0.15, 0.2) is 39.3 Å². The van der Waals surface area contributed by atoms with Gasteiger partial charge in [0.05, 0.1) is 19.1 Å². The first-order chi connectivity index (χ1) is 10.7. The second-order valence-electron chi connectivity index (χ2n) is 5.23. The molecule has 0 fully saturated rings. The molecule has 3 aromatic rings. The number of furan rings is 1. The zero-order valence-electron chi connectivity index (χ0n) is 13.2. The molecule has 0 spiro atoms. The standard InChI is InChI=1S/C16H20N4O2.ClH/c1-3-20(10-15-18-16(9-17)22-19-15)11(2)14-8-12-6-4-5-7-13(12)21-14;/h4-8,11H,3,9-10,17H2,1-2H3;1H. The maximum Gasteiger partial charge on any atom is 0.240 e. The van der Waals surface area contributed by atoms with Gasteiger partial charge in [-0.25, -0.2) is 0 Å². The van der Waals surface area contributed by atoms with Crippen LogP contribution in [0.2, 0.25) is 0 Å². The topological polar surface area (TPSA) is 81.3 Å². The largest absolute Gasteiger partial charge is 0.459 e. The van der Waals surface area contributed by atoms with Crippen LogP contribution in [0.4, 0.5) is 0 Å². The van der Waals surface area contributed by atoms with E-state index in [0.717, 1.165) is 23.3 Å². The number of rotatable bonds is 6. The first-order valence-corrected chi connectivity index (χ1v) is 7.45. The number of nitrogens with zero attached hydrogens (tertiary/aromatic N) is 3. The third-order valence-electron chi connectivity index (χ3n) is 3.84. The van der Waals surface area contributed by atoms with Gasteiger partial charge < -0.3 is 14.7 Å². The lowest BCUT2D eigenvalue weighted by Gasteiger charge is -2.24. The molecule has 0 saturated carbocycles. The second-order valence-corrected chi connectivity index (χ2v) is 5.23. The number of aromatic nitrogens is 2. The minimum absolute atomic E-state index is 0. The lowest BCUT2D eigenvalue weighted by Crippen LogP contribution is -2.26. The quantitative estimate of drug-likeness (QED) is 0.744. The maximum atomic E-state index is 5.95. The van der Waals surface area contributed by atoms with Crippen molar-refractivity contribution in [3.63, 3.8) is 0 Å². The number of para-hydroxylation sites is 1. The summed E-state index contributed by atoms with van der Waals surface area (Å²) in [6.45, 7) is 5.93. The molecular weight excluding hydrogens is 316 g/mol. The van der Waals surface area contributed by atoms with Gasteiger partial charge in [-0.1, -0.05) is 30.3 Å². The molecular formula is C16H21ClN4O2. The molecule has 0 saturated heterocycles. The third kappa shape index (κ3) is 3.72. The fourth-order valence-corrected chi connectivity index (χ4v) is 2.53. The van der Waals surface area contributed by atoms with Crippen LogP contribution in [0.1, 0.15) is 37.4 Å². The number of hydrogen-bond donors (Lipinski definition) is 1. The Labute approximate surface area is 141 Å². The second kappa shape index (κ2) is 7.59. The van der Waals surface area contributed by atoms with Crippen LogP contribution >= 0.6 is 12.4 Å². The Balaban J connectivity index is 0.00000192. The van der Waals surface area contributed by atoms with Crippen molar-refractivity contribution in [1.29, 1.82) is 0 Å². The Bertz CT molecular complexity index is 722. The summed E-state index contributed by atoms with van der Waals surface area (Å²) in [6.07, 6.45) is 0. The van der Waals surface area contributed by atoms with Gasteiger partial charge in [-0.2, -0.15) is 4.98 Å². The van der Waals surface area contributed by atoms with Crippen LogP contribution in [0.25, 0.3) is 11.0 Å². The van der Waals surface area contributed by atoms with Crippen LogP contribution in [0.5, 0.6) is 0 Å². The maximum absolute atomic E-state index is 5.95. The normalized spacial score (nSPS) is 12.5. The molecule has 23 heavy (non-hydrogen) atoms. The average Bonchev–Trinajstić information content (AvgIpc) is 3.18. The summed E-state index contributed by atoms with van der Waals surface area (Å²) < 4.78 is 11.0. The molecule has 124 valence electrons. The van der Waals surface area contributed by atoms with Gasteiger partial charge in [0, 0.05) is 5.39 Å². The van der Waals surface area contributed by atoms with Crippen LogP contribution in [-0.4, -0.2) is 21.6 Å². The summed E-state index contributed by atoms with van der Waals surface area (Å²) in [5.41, 5.74) is 6.40. The van der Waals surface area contributed by atoms with Gasteiger partial charge in [-0.15, -0.1) is 12.4 Å². The summed E-state index contributed by atoms with van der Waals surface area (Å²) >= 11 is 0. The Kier molecular flexibility index (Phi) is 5.76. The van der Waals surface area contributed by atoms with Crippen molar-refractivity contribution in [2.45, 2.75) is 33.0 Å². The van der Waals surface area contributed by atoms with Gasteiger partial charge in [0.1, 0.15) is 11.3 Å². The molecule has 7 heteroatoms. The molecule has 2 N–H and O–H groups in total. The van der Waals surface area contributed by atoms with Crippen LogP contribution in [-0.2, 0) is 13.1 Å². The molecule has 0 radical (unpaired) electrons. The lowest BCUT2D eigenvalue weighted by atomic mass is 10.2. The minimum Gasteiger partial charge on any atom is -0.459 e. The van der Waals surface area contributed by atoms with E-state index in [-0.39, 0.29) is 25.0 Å². The lowest BCUT2D eigenvalue weighted by molar-refractivity contribution is 0.184. The fraction of sp³-hybridized carbons (Fsp3) is 0.375. The zero-order chi connectivity index (χ0) is 15.5. The molecule has 1 unspecified atom stereocenters. The highest BCUT2D eigenvalue weighted by Crippen LogP contribution is 2.27. The Hall–Kier alpha value is -1.89. The number of nitrogens with two attached hydrogens (primary N) is 1. The van der Waals surface area contributed by atoms with Crippen LogP contribution in [0.3, 0.4) is 0 Å². The predicted octanol–water partition coefficient (Wildman–Crippen LogP) is 3.28. The summed E-state index contributed by atoms with van der Waals surface area (Å²) in [4.78, 5) is 6.49. The number of benzene rings is 1. The summed E-state index contributed by atoms with van der Waals surface area (Å²) in [5, 5.41) is 5.07. The summed E-state index contributed by atoms with van der Waals surface area (Å²) in [7, 11) is 0. The van der Waals surface area contributed by atoms with Crippen LogP contribution in [0, 0.1) is 0 Å². The Morgan fingerprint density at radius 3 is 2.74 bits per heavy atom. The number of fused-ring (bicyclic) bond motifs is 1. The Morgan fingerprint density at radius 2 is 2.09 bits per heavy atom. The SMILES string of the molecule is CCN(Cc1noc(CN)n1)C(C)c1cc2ccccc2o1.Cl. The van der Waals surface area contributed by atoms with Crippen molar-refractivity contribution in [1.82, 2.24) is 15.0 Å². The monoisotopic (exact) mass is 336 g/mol. The molecule has 0 amide bonds. The van der Waals surface area contributed by atoms with Crippen molar-refractivity contribution >= 4 is 23.4 Å². The molecule has 0 aliphatic carbocycles. The van der Waals surface area contributed by atoms with Gasteiger partial charge in [0.25, 0.3) is 0 Å². The minimum atomic E-state index is 0. The highest BCUT2D eigenvalue weighted by molar-refractivity contribution is 5.85. The highest BCUT2D eigenvalue weighted by atomic mass is 35.5. The van der Waals surface area contributed by atoms with E-state index in [4.69, 9.17) is 14.7 Å². The average molecular weight is 337 g/mol. The first-order valence-electron chi connectivity index (χ1n) is 7.45. The van der Waals surface area contributed by atoms with Crippen LogP contribution < -0.4 is 5.73 Å². The molecule has 2 heterocycles. The molecule has 0 aliphatic heterocycles. The van der Waals surface area contributed by atoms with E-state index in [1.165, 1.54) is 0 Å². The van der Waals surface area contributed by atoms with E-state index in [9.17, 15) is 0 Å². The van der Waals surface area contributed by atoms with Crippen molar-refractivity contribution in [2.75, 3.05) is 6.54 Å². The molecule has 3 rings (SSSR count). The number of halogens is 1. The molecule has 0 aliphatic rings. The third-order valence-corrected chi connectivity index (χ3v) is 3.84. The molecule has 0 bridgehead atoms. The van der Waals surface area contributed by atoms with Crippen molar-refractivity contribution in [3.05, 3.63) is 47.8 Å². The summed E-state index contributed by atoms with van der Waals surface area (Å²) in [5.74, 6) is 2.04.